The Balaban J connectivity index is 1.97. The van der Waals surface area contributed by atoms with Crippen LogP contribution in [0.25, 0.3) is 0 Å². The van der Waals surface area contributed by atoms with Crippen molar-refractivity contribution in [1.82, 2.24) is 20.3 Å². The van der Waals surface area contributed by atoms with Gasteiger partial charge in [-0.15, -0.1) is 6.58 Å². The van der Waals surface area contributed by atoms with Crippen LogP contribution in [0.4, 0.5) is 4.79 Å². The highest BCUT2D eigenvalue weighted by Gasteiger charge is 2.37. The second-order valence-electron chi connectivity index (χ2n) is 6.77. The summed E-state index contributed by atoms with van der Waals surface area (Å²) in [5.74, 6) is -1.46. The highest BCUT2D eigenvalue weighted by atomic mass is 32.2. The predicted molar refractivity (Wildman–Crippen MR) is 101 cm³/mol. The van der Waals surface area contributed by atoms with Crippen LogP contribution in [0.5, 0.6) is 0 Å². The molecule has 2 aliphatic rings. The number of amides is 4. The largest absolute Gasteiger partial charge is 0.465 e. The van der Waals surface area contributed by atoms with Gasteiger partial charge < -0.3 is 20.6 Å². The van der Waals surface area contributed by atoms with Gasteiger partial charge in [0.25, 0.3) is 5.91 Å². The zero-order valence-corrected chi connectivity index (χ0v) is 16.1. The normalized spacial score (nSPS) is 21.1. The van der Waals surface area contributed by atoms with E-state index in [0.717, 1.165) is 12.8 Å². The fourth-order valence-electron chi connectivity index (χ4n) is 2.80. The molecule has 0 bridgehead atoms. The van der Waals surface area contributed by atoms with Crippen LogP contribution in [0.1, 0.15) is 32.6 Å². The number of carbonyl (C=O) groups excluding carboxylic acids is 3. The molecular formula is C17H26N4O5S. The van der Waals surface area contributed by atoms with E-state index in [-0.39, 0.29) is 18.4 Å². The van der Waals surface area contributed by atoms with E-state index in [1.165, 1.54) is 16.8 Å². The summed E-state index contributed by atoms with van der Waals surface area (Å²) in [6.45, 7) is 5.47. The average Bonchev–Trinajstić information content (AvgIpc) is 3.34. The van der Waals surface area contributed by atoms with Crippen molar-refractivity contribution in [3.05, 3.63) is 12.7 Å². The number of carboxylic acid groups (broad SMARTS) is 1. The monoisotopic (exact) mass is 398 g/mol. The first kappa shape index (κ1) is 21.1. The fraction of sp³-hybridized carbons (Fsp3) is 0.647. The standard InChI is InChI=1S/C17H26N4O5S/c1-3-10(2)14(16(24)20-27-11-6-7-11)19-15(23)12-5-4-8-21(12)13(22)9-18-17(25)26/h3,10-12,14,18H,1,4-9H2,2H3,(H,19,23)(H,20,24)(H,25,26)/t10-,12?,14?/m0/s1. The third-order valence-electron chi connectivity index (χ3n) is 4.59. The molecule has 2 rings (SSSR count). The summed E-state index contributed by atoms with van der Waals surface area (Å²) < 4.78 is 2.78. The predicted octanol–water partition coefficient (Wildman–Crippen LogP) is 0.479. The molecule has 0 aromatic rings. The third kappa shape index (κ3) is 6.16. The first-order valence-corrected chi connectivity index (χ1v) is 9.86. The molecule has 1 saturated carbocycles. The summed E-state index contributed by atoms with van der Waals surface area (Å²) >= 11 is 1.37. The Hall–Kier alpha value is -2.23. The number of nitrogens with one attached hydrogen (secondary N) is 3. The SMILES string of the molecule is C=C[C@H](C)C(NC(=O)C1CCCN1C(=O)CNC(=O)O)C(=O)NSC1CC1. The van der Waals surface area contributed by atoms with Crippen molar-refractivity contribution in [2.75, 3.05) is 13.1 Å². The molecule has 27 heavy (non-hydrogen) atoms. The average molecular weight is 398 g/mol. The van der Waals surface area contributed by atoms with E-state index in [1.54, 1.807) is 13.0 Å². The molecular weight excluding hydrogens is 372 g/mol. The highest BCUT2D eigenvalue weighted by molar-refractivity contribution is 7.98. The Morgan fingerprint density at radius 2 is 2.00 bits per heavy atom. The number of rotatable bonds is 9. The third-order valence-corrected chi connectivity index (χ3v) is 5.72. The van der Waals surface area contributed by atoms with E-state index in [4.69, 9.17) is 5.11 Å². The lowest BCUT2D eigenvalue weighted by Crippen LogP contribution is -2.55. The maximum absolute atomic E-state index is 12.7. The quantitative estimate of drug-likeness (QED) is 0.330. The maximum atomic E-state index is 12.7. The van der Waals surface area contributed by atoms with Gasteiger partial charge in [0.05, 0.1) is 0 Å². The van der Waals surface area contributed by atoms with Gasteiger partial charge in [-0.1, -0.05) is 13.0 Å². The van der Waals surface area contributed by atoms with Gasteiger partial charge in [0, 0.05) is 17.7 Å². The van der Waals surface area contributed by atoms with Gasteiger partial charge in [0.1, 0.15) is 18.6 Å². The van der Waals surface area contributed by atoms with Gasteiger partial charge in [0.2, 0.25) is 11.8 Å². The molecule has 1 aliphatic heterocycles. The molecule has 4 amide bonds. The van der Waals surface area contributed by atoms with Crippen molar-refractivity contribution in [1.29, 1.82) is 0 Å². The molecule has 4 N–H and O–H groups in total. The van der Waals surface area contributed by atoms with Crippen LogP contribution in [0.3, 0.4) is 0 Å². The van der Waals surface area contributed by atoms with Crippen LogP contribution < -0.4 is 15.4 Å². The summed E-state index contributed by atoms with van der Waals surface area (Å²) in [5.41, 5.74) is 0. The van der Waals surface area contributed by atoms with E-state index >= 15 is 0 Å². The molecule has 2 fully saturated rings. The van der Waals surface area contributed by atoms with Crippen LogP contribution in [0.15, 0.2) is 12.7 Å². The van der Waals surface area contributed by atoms with Crippen molar-refractivity contribution in [2.45, 2.75) is 49.9 Å². The molecule has 1 heterocycles. The minimum absolute atomic E-state index is 0.284. The van der Waals surface area contributed by atoms with E-state index in [1.807, 2.05) is 5.32 Å². The zero-order valence-electron chi connectivity index (χ0n) is 15.3. The van der Waals surface area contributed by atoms with Crippen LogP contribution in [-0.2, 0) is 14.4 Å². The lowest BCUT2D eigenvalue weighted by atomic mass is 10.0. The summed E-state index contributed by atoms with van der Waals surface area (Å²) in [6, 6.07) is -1.49. The summed E-state index contributed by atoms with van der Waals surface area (Å²) in [5, 5.41) is 13.8. The minimum Gasteiger partial charge on any atom is -0.465 e. The number of hydrogen-bond donors (Lipinski definition) is 4. The van der Waals surface area contributed by atoms with Crippen LogP contribution in [0, 0.1) is 5.92 Å². The molecule has 0 aromatic carbocycles. The van der Waals surface area contributed by atoms with E-state index in [2.05, 4.69) is 16.6 Å². The lowest BCUT2D eigenvalue weighted by Gasteiger charge is -2.27. The Morgan fingerprint density at radius 3 is 2.59 bits per heavy atom. The molecule has 0 spiro atoms. The van der Waals surface area contributed by atoms with E-state index in [0.29, 0.717) is 24.6 Å². The van der Waals surface area contributed by atoms with Crippen molar-refractivity contribution in [2.24, 2.45) is 5.92 Å². The lowest BCUT2D eigenvalue weighted by molar-refractivity contribution is -0.139. The number of carbonyl (C=O) groups is 4. The fourth-order valence-corrected chi connectivity index (χ4v) is 3.58. The van der Waals surface area contributed by atoms with Gasteiger partial charge in [-0.05, 0) is 37.6 Å². The van der Waals surface area contributed by atoms with Crippen LogP contribution >= 0.6 is 11.9 Å². The summed E-state index contributed by atoms with van der Waals surface area (Å²) in [6.07, 6.45) is 3.56. The summed E-state index contributed by atoms with van der Waals surface area (Å²) in [7, 11) is 0. The second kappa shape index (κ2) is 9.63. The molecule has 9 nitrogen and oxygen atoms in total. The molecule has 150 valence electrons. The van der Waals surface area contributed by atoms with Gasteiger partial charge in [-0.2, -0.15) is 0 Å². The van der Waals surface area contributed by atoms with Crippen LogP contribution in [-0.4, -0.2) is 64.2 Å². The first-order valence-electron chi connectivity index (χ1n) is 8.98. The Kier molecular flexibility index (Phi) is 7.52. The van der Waals surface area contributed by atoms with Gasteiger partial charge in [0.15, 0.2) is 0 Å². The van der Waals surface area contributed by atoms with Gasteiger partial charge in [-0.25, -0.2) is 4.79 Å². The molecule has 1 aliphatic carbocycles. The molecule has 0 radical (unpaired) electrons. The topological polar surface area (TPSA) is 128 Å². The molecule has 10 heteroatoms. The van der Waals surface area contributed by atoms with Gasteiger partial charge in [-0.3, -0.25) is 19.1 Å². The van der Waals surface area contributed by atoms with Crippen molar-refractivity contribution in [3.8, 4) is 0 Å². The number of likely N-dealkylation sites (tertiary alicyclic amines) is 1. The van der Waals surface area contributed by atoms with Crippen LogP contribution in [0.2, 0.25) is 0 Å². The Labute approximate surface area is 162 Å². The number of nitrogens with zero attached hydrogens (tertiary/aromatic N) is 1. The van der Waals surface area contributed by atoms with Crippen molar-refractivity contribution >= 4 is 35.8 Å². The smallest absolute Gasteiger partial charge is 0.405 e. The van der Waals surface area contributed by atoms with Crippen molar-refractivity contribution in [3.63, 3.8) is 0 Å². The first-order chi connectivity index (χ1) is 12.8. The highest BCUT2D eigenvalue weighted by Crippen LogP contribution is 2.32. The summed E-state index contributed by atoms with van der Waals surface area (Å²) in [4.78, 5) is 49.3. The van der Waals surface area contributed by atoms with Crippen molar-refractivity contribution < 1.29 is 24.3 Å². The van der Waals surface area contributed by atoms with E-state index < -0.39 is 30.0 Å². The second-order valence-corrected chi connectivity index (χ2v) is 7.87. The number of hydrogen-bond acceptors (Lipinski definition) is 5. The minimum atomic E-state index is -1.30. The Morgan fingerprint density at radius 1 is 1.30 bits per heavy atom. The maximum Gasteiger partial charge on any atom is 0.405 e. The molecule has 2 unspecified atom stereocenters. The molecule has 1 saturated heterocycles. The van der Waals surface area contributed by atoms with E-state index in [9.17, 15) is 19.2 Å². The van der Waals surface area contributed by atoms with Gasteiger partial charge >= 0.3 is 6.09 Å². The molecule has 3 atom stereocenters. The molecule has 0 aromatic heterocycles. The zero-order chi connectivity index (χ0) is 20.0. The Bertz CT molecular complexity index is 610.